The fraction of sp³-hybridized carbons (Fsp3) is 0.214. The van der Waals surface area contributed by atoms with Gasteiger partial charge in [0.2, 0.25) is 5.78 Å². The maximum atomic E-state index is 12.2. The molecule has 0 spiro atoms. The lowest BCUT2D eigenvalue weighted by Crippen LogP contribution is -2.00. The van der Waals surface area contributed by atoms with Crippen LogP contribution in [0.3, 0.4) is 0 Å². The minimum Gasteiger partial charge on any atom is -0.288 e. The molecule has 0 atom stereocenters. The summed E-state index contributed by atoms with van der Waals surface area (Å²) in [6, 6.07) is 9.82. The lowest BCUT2D eigenvalue weighted by molar-refractivity contribution is 0.104. The molecule has 0 radical (unpaired) electrons. The van der Waals surface area contributed by atoms with Crippen LogP contribution in [0.2, 0.25) is 0 Å². The number of rotatable bonds is 2. The van der Waals surface area contributed by atoms with Crippen LogP contribution >= 0.6 is 11.3 Å². The molecular formula is C14H14OS. The van der Waals surface area contributed by atoms with Gasteiger partial charge in [-0.3, -0.25) is 4.79 Å². The van der Waals surface area contributed by atoms with Gasteiger partial charge in [-0.05, 0) is 38.5 Å². The van der Waals surface area contributed by atoms with E-state index in [2.05, 4.69) is 6.07 Å². The van der Waals surface area contributed by atoms with Crippen LogP contribution < -0.4 is 0 Å². The molecule has 1 heterocycles. The van der Waals surface area contributed by atoms with Crippen molar-refractivity contribution in [2.75, 3.05) is 0 Å². The molecule has 0 bridgehead atoms. The lowest BCUT2D eigenvalue weighted by Gasteiger charge is -2.00. The van der Waals surface area contributed by atoms with E-state index in [-0.39, 0.29) is 5.78 Å². The third-order valence-electron chi connectivity index (χ3n) is 2.53. The summed E-state index contributed by atoms with van der Waals surface area (Å²) in [5, 5.41) is 0. The molecule has 16 heavy (non-hydrogen) atoms. The highest BCUT2D eigenvalue weighted by Crippen LogP contribution is 2.24. The SMILES string of the molecule is Cc1cccc(C(=O)c2sc(C)cc2C)c1. The second-order valence-corrected chi connectivity index (χ2v) is 5.32. The van der Waals surface area contributed by atoms with Crippen molar-refractivity contribution >= 4 is 17.1 Å². The summed E-state index contributed by atoms with van der Waals surface area (Å²) in [6.45, 7) is 6.03. The first-order chi connectivity index (χ1) is 7.58. The van der Waals surface area contributed by atoms with E-state index in [4.69, 9.17) is 0 Å². The fourth-order valence-corrected chi connectivity index (χ4v) is 2.77. The van der Waals surface area contributed by atoms with Gasteiger partial charge in [0.15, 0.2) is 0 Å². The zero-order valence-electron chi connectivity index (χ0n) is 9.70. The maximum absolute atomic E-state index is 12.2. The molecule has 2 rings (SSSR count). The molecule has 82 valence electrons. The number of hydrogen-bond acceptors (Lipinski definition) is 2. The quantitative estimate of drug-likeness (QED) is 0.715. The topological polar surface area (TPSA) is 17.1 Å². The predicted molar refractivity (Wildman–Crippen MR) is 68.4 cm³/mol. The normalized spacial score (nSPS) is 10.4. The second-order valence-electron chi connectivity index (χ2n) is 4.07. The van der Waals surface area contributed by atoms with E-state index in [0.29, 0.717) is 0 Å². The molecule has 0 aliphatic heterocycles. The summed E-state index contributed by atoms with van der Waals surface area (Å²) in [5.74, 6) is 0.138. The summed E-state index contributed by atoms with van der Waals surface area (Å²) < 4.78 is 0. The van der Waals surface area contributed by atoms with Gasteiger partial charge in [0.05, 0.1) is 4.88 Å². The highest BCUT2D eigenvalue weighted by Gasteiger charge is 2.14. The first-order valence-electron chi connectivity index (χ1n) is 5.26. The van der Waals surface area contributed by atoms with Crippen LogP contribution in [0.15, 0.2) is 30.3 Å². The Hall–Kier alpha value is -1.41. The van der Waals surface area contributed by atoms with Gasteiger partial charge in [0, 0.05) is 10.4 Å². The molecule has 0 amide bonds. The van der Waals surface area contributed by atoms with Crippen molar-refractivity contribution in [2.24, 2.45) is 0 Å². The average molecular weight is 230 g/mol. The van der Waals surface area contributed by atoms with Crippen molar-refractivity contribution in [1.82, 2.24) is 0 Å². The van der Waals surface area contributed by atoms with Crippen LogP contribution in [0.1, 0.15) is 31.2 Å². The van der Waals surface area contributed by atoms with Gasteiger partial charge in [0.1, 0.15) is 0 Å². The number of thiophene rings is 1. The Morgan fingerprint density at radius 1 is 1.12 bits per heavy atom. The zero-order chi connectivity index (χ0) is 11.7. The molecule has 2 aromatic rings. The molecule has 0 saturated heterocycles. The van der Waals surface area contributed by atoms with Crippen molar-refractivity contribution in [2.45, 2.75) is 20.8 Å². The summed E-state index contributed by atoms with van der Waals surface area (Å²) in [4.78, 5) is 14.3. The molecule has 0 saturated carbocycles. The first kappa shape index (κ1) is 11.1. The van der Waals surface area contributed by atoms with E-state index in [1.165, 1.54) is 4.88 Å². The summed E-state index contributed by atoms with van der Waals surface area (Å²) in [6.07, 6.45) is 0. The third kappa shape index (κ3) is 2.07. The van der Waals surface area contributed by atoms with Gasteiger partial charge in [-0.15, -0.1) is 11.3 Å². The van der Waals surface area contributed by atoms with Crippen LogP contribution in [-0.2, 0) is 0 Å². The van der Waals surface area contributed by atoms with E-state index in [1.54, 1.807) is 11.3 Å². The van der Waals surface area contributed by atoms with Crippen LogP contribution in [0.4, 0.5) is 0 Å². The number of benzene rings is 1. The number of hydrogen-bond donors (Lipinski definition) is 0. The second kappa shape index (κ2) is 4.22. The fourth-order valence-electron chi connectivity index (χ4n) is 1.78. The smallest absolute Gasteiger partial charge is 0.203 e. The van der Waals surface area contributed by atoms with Crippen molar-refractivity contribution < 1.29 is 4.79 Å². The van der Waals surface area contributed by atoms with Gasteiger partial charge in [-0.25, -0.2) is 0 Å². The Morgan fingerprint density at radius 2 is 1.88 bits per heavy atom. The van der Waals surface area contributed by atoms with Crippen molar-refractivity contribution in [1.29, 1.82) is 0 Å². The Kier molecular flexibility index (Phi) is 2.92. The van der Waals surface area contributed by atoms with Crippen LogP contribution in [0.5, 0.6) is 0 Å². The van der Waals surface area contributed by atoms with E-state index < -0.39 is 0 Å². The van der Waals surface area contributed by atoms with Crippen LogP contribution in [0.25, 0.3) is 0 Å². The van der Waals surface area contributed by atoms with Crippen LogP contribution in [0, 0.1) is 20.8 Å². The molecule has 1 aromatic heterocycles. The molecular weight excluding hydrogens is 216 g/mol. The highest BCUT2D eigenvalue weighted by atomic mass is 32.1. The van der Waals surface area contributed by atoms with Gasteiger partial charge in [-0.1, -0.05) is 23.8 Å². The molecule has 0 N–H and O–H groups in total. The number of aryl methyl sites for hydroxylation is 3. The molecule has 0 aliphatic carbocycles. The number of carbonyl (C=O) groups is 1. The van der Waals surface area contributed by atoms with E-state index >= 15 is 0 Å². The Labute approximate surface area is 99.8 Å². The van der Waals surface area contributed by atoms with Gasteiger partial charge < -0.3 is 0 Å². The minimum atomic E-state index is 0.138. The van der Waals surface area contributed by atoms with Gasteiger partial charge in [-0.2, -0.15) is 0 Å². The monoisotopic (exact) mass is 230 g/mol. The Morgan fingerprint density at radius 3 is 2.44 bits per heavy atom. The summed E-state index contributed by atoms with van der Waals surface area (Å²) >= 11 is 1.57. The third-order valence-corrected chi connectivity index (χ3v) is 3.68. The predicted octanol–water partition coefficient (Wildman–Crippen LogP) is 3.90. The highest BCUT2D eigenvalue weighted by molar-refractivity contribution is 7.14. The largest absolute Gasteiger partial charge is 0.288 e. The molecule has 0 unspecified atom stereocenters. The van der Waals surface area contributed by atoms with Crippen molar-refractivity contribution in [3.05, 3.63) is 56.8 Å². The standard InChI is InChI=1S/C14H14OS/c1-9-5-4-6-12(7-9)13(15)14-10(2)8-11(3)16-14/h4-8H,1-3H3. The van der Waals surface area contributed by atoms with E-state index in [9.17, 15) is 4.79 Å². The minimum absolute atomic E-state index is 0.138. The summed E-state index contributed by atoms with van der Waals surface area (Å²) in [5.41, 5.74) is 2.98. The molecule has 1 aromatic carbocycles. The maximum Gasteiger partial charge on any atom is 0.203 e. The zero-order valence-corrected chi connectivity index (χ0v) is 10.5. The molecule has 0 aliphatic rings. The Balaban J connectivity index is 2.43. The lowest BCUT2D eigenvalue weighted by atomic mass is 10.1. The summed E-state index contributed by atoms with van der Waals surface area (Å²) in [7, 11) is 0. The molecule has 1 nitrogen and oxygen atoms in total. The van der Waals surface area contributed by atoms with E-state index in [0.717, 1.165) is 21.6 Å². The van der Waals surface area contributed by atoms with Crippen molar-refractivity contribution in [3.8, 4) is 0 Å². The molecule has 2 heteroatoms. The average Bonchev–Trinajstić information content (AvgIpc) is 2.57. The number of ketones is 1. The molecule has 0 fully saturated rings. The first-order valence-corrected chi connectivity index (χ1v) is 6.08. The Bertz CT molecular complexity index is 537. The van der Waals surface area contributed by atoms with Gasteiger partial charge in [0.25, 0.3) is 0 Å². The van der Waals surface area contributed by atoms with Crippen molar-refractivity contribution in [3.63, 3.8) is 0 Å². The van der Waals surface area contributed by atoms with Crippen LogP contribution in [-0.4, -0.2) is 5.78 Å². The number of carbonyl (C=O) groups excluding carboxylic acids is 1. The van der Waals surface area contributed by atoms with Gasteiger partial charge >= 0.3 is 0 Å². The van der Waals surface area contributed by atoms with E-state index in [1.807, 2.05) is 45.0 Å².